The first kappa shape index (κ1) is 11.0. The van der Waals surface area contributed by atoms with Crippen LogP contribution in [0.5, 0.6) is 0 Å². The summed E-state index contributed by atoms with van der Waals surface area (Å²) in [6.07, 6.45) is 0.109. The quantitative estimate of drug-likeness (QED) is 0.805. The van der Waals surface area contributed by atoms with E-state index in [1.165, 1.54) is 0 Å². The molecule has 78 valence electrons. The number of nitrogens with zero attached hydrogens (tertiary/aromatic N) is 1. The molecular formula is C9H14N2O2S. The molecular weight excluding hydrogens is 200 g/mol. The normalized spacial score (nSPS) is 12.5. The highest BCUT2D eigenvalue weighted by Gasteiger charge is 2.10. The number of rotatable bonds is 4. The van der Waals surface area contributed by atoms with Crippen LogP contribution in [0.2, 0.25) is 0 Å². The van der Waals surface area contributed by atoms with Crippen LogP contribution >= 0.6 is 11.3 Å². The Morgan fingerprint density at radius 1 is 1.64 bits per heavy atom. The average molecular weight is 214 g/mol. The molecule has 0 aliphatic carbocycles. The Balaban J connectivity index is 2.56. The van der Waals surface area contributed by atoms with Gasteiger partial charge < -0.3 is 10.4 Å². The lowest BCUT2D eigenvalue weighted by molar-refractivity contribution is -0.137. The van der Waals surface area contributed by atoms with Gasteiger partial charge in [-0.05, 0) is 20.8 Å². The van der Waals surface area contributed by atoms with Gasteiger partial charge in [0, 0.05) is 10.9 Å². The summed E-state index contributed by atoms with van der Waals surface area (Å²) in [6.45, 7) is 5.78. The molecule has 0 radical (unpaired) electrons. The van der Waals surface area contributed by atoms with Crippen molar-refractivity contribution in [3.63, 3.8) is 0 Å². The van der Waals surface area contributed by atoms with E-state index in [-0.39, 0.29) is 12.5 Å². The molecule has 0 saturated carbocycles. The molecule has 0 amide bonds. The number of aryl methyl sites for hydroxylation is 2. The largest absolute Gasteiger partial charge is 0.481 e. The smallest absolute Gasteiger partial charge is 0.305 e. The highest BCUT2D eigenvalue weighted by atomic mass is 32.1. The fourth-order valence-electron chi connectivity index (χ4n) is 1.06. The summed E-state index contributed by atoms with van der Waals surface area (Å²) in [5, 5.41) is 12.4. The summed E-state index contributed by atoms with van der Waals surface area (Å²) in [7, 11) is 0. The number of thiazole rings is 1. The Labute approximate surface area is 87.0 Å². The zero-order valence-electron chi connectivity index (χ0n) is 8.50. The van der Waals surface area contributed by atoms with Gasteiger partial charge in [0.25, 0.3) is 0 Å². The Kier molecular flexibility index (Phi) is 3.46. The lowest BCUT2D eigenvalue weighted by atomic mass is 10.2. The Morgan fingerprint density at radius 3 is 2.71 bits per heavy atom. The van der Waals surface area contributed by atoms with Crippen LogP contribution in [0, 0.1) is 13.8 Å². The first-order chi connectivity index (χ1) is 6.49. The van der Waals surface area contributed by atoms with Crippen molar-refractivity contribution in [3.8, 4) is 0 Å². The molecule has 0 aromatic carbocycles. The molecule has 0 bridgehead atoms. The molecule has 2 N–H and O–H groups in total. The van der Waals surface area contributed by atoms with Crippen LogP contribution in [-0.2, 0) is 4.79 Å². The number of carboxylic acids is 1. The number of aliphatic carboxylic acids is 1. The molecule has 1 unspecified atom stereocenters. The SMILES string of the molecule is Cc1nc(NC(C)CC(=O)O)sc1C. The zero-order chi connectivity index (χ0) is 10.7. The molecule has 1 aromatic rings. The molecule has 4 nitrogen and oxygen atoms in total. The fraction of sp³-hybridized carbons (Fsp3) is 0.556. The van der Waals surface area contributed by atoms with Crippen molar-refractivity contribution < 1.29 is 9.90 Å². The summed E-state index contributed by atoms with van der Waals surface area (Å²) in [5.41, 5.74) is 1.00. The molecule has 0 saturated heterocycles. The number of carbonyl (C=O) groups is 1. The topological polar surface area (TPSA) is 62.2 Å². The van der Waals surface area contributed by atoms with Crippen LogP contribution in [0.15, 0.2) is 0 Å². The fourth-order valence-corrected chi connectivity index (χ4v) is 1.98. The molecule has 14 heavy (non-hydrogen) atoms. The highest BCUT2D eigenvalue weighted by molar-refractivity contribution is 7.15. The van der Waals surface area contributed by atoms with Gasteiger partial charge in [-0.25, -0.2) is 4.98 Å². The minimum atomic E-state index is -0.796. The van der Waals surface area contributed by atoms with Crippen LogP contribution in [0.4, 0.5) is 5.13 Å². The van der Waals surface area contributed by atoms with Gasteiger partial charge in [0.05, 0.1) is 12.1 Å². The third-order valence-electron chi connectivity index (χ3n) is 1.88. The molecule has 0 fully saturated rings. The number of nitrogens with one attached hydrogen (secondary N) is 1. The van der Waals surface area contributed by atoms with E-state index >= 15 is 0 Å². The summed E-state index contributed by atoms with van der Waals surface area (Å²) >= 11 is 1.55. The second-order valence-corrected chi connectivity index (χ2v) is 4.51. The van der Waals surface area contributed by atoms with Gasteiger partial charge >= 0.3 is 5.97 Å². The standard InChI is InChI=1S/C9H14N2O2S/c1-5(4-8(12)13)10-9-11-6(2)7(3)14-9/h5H,4H2,1-3H3,(H,10,11)(H,12,13). The first-order valence-electron chi connectivity index (χ1n) is 4.41. The lowest BCUT2D eigenvalue weighted by Gasteiger charge is -2.09. The maximum atomic E-state index is 10.4. The molecule has 1 aromatic heterocycles. The molecule has 5 heteroatoms. The maximum absolute atomic E-state index is 10.4. The predicted molar refractivity (Wildman–Crippen MR) is 56.9 cm³/mol. The van der Waals surface area contributed by atoms with E-state index in [1.54, 1.807) is 11.3 Å². The zero-order valence-corrected chi connectivity index (χ0v) is 9.31. The monoisotopic (exact) mass is 214 g/mol. The Morgan fingerprint density at radius 2 is 2.29 bits per heavy atom. The van der Waals surface area contributed by atoms with Crippen LogP contribution in [0.25, 0.3) is 0 Å². The Bertz CT molecular complexity index is 316. The van der Waals surface area contributed by atoms with Crippen molar-refractivity contribution in [2.24, 2.45) is 0 Å². The van der Waals surface area contributed by atoms with Gasteiger partial charge in [0.1, 0.15) is 0 Å². The highest BCUT2D eigenvalue weighted by Crippen LogP contribution is 2.21. The number of anilines is 1. The summed E-state index contributed by atoms with van der Waals surface area (Å²) in [4.78, 5) is 15.8. The number of aromatic nitrogens is 1. The second-order valence-electron chi connectivity index (χ2n) is 3.30. The molecule has 1 heterocycles. The van der Waals surface area contributed by atoms with E-state index < -0.39 is 5.97 Å². The summed E-state index contributed by atoms with van der Waals surface area (Å²) < 4.78 is 0. The second kappa shape index (κ2) is 4.41. The lowest BCUT2D eigenvalue weighted by Crippen LogP contribution is -2.19. The minimum absolute atomic E-state index is 0.0857. The van der Waals surface area contributed by atoms with Gasteiger partial charge in [-0.2, -0.15) is 0 Å². The van der Waals surface area contributed by atoms with Gasteiger partial charge in [-0.1, -0.05) is 0 Å². The molecule has 1 rings (SSSR count). The summed E-state index contributed by atoms with van der Waals surface area (Å²) in [6, 6.07) is -0.0857. The number of hydrogen-bond donors (Lipinski definition) is 2. The van der Waals surface area contributed by atoms with E-state index in [1.807, 2.05) is 20.8 Å². The van der Waals surface area contributed by atoms with E-state index in [9.17, 15) is 4.79 Å². The molecule has 0 aliphatic heterocycles. The molecule has 1 atom stereocenters. The van der Waals surface area contributed by atoms with Gasteiger partial charge in [-0.3, -0.25) is 4.79 Å². The van der Waals surface area contributed by atoms with E-state index in [2.05, 4.69) is 10.3 Å². The van der Waals surface area contributed by atoms with Crippen molar-refractivity contribution in [3.05, 3.63) is 10.6 Å². The van der Waals surface area contributed by atoms with E-state index in [4.69, 9.17) is 5.11 Å². The maximum Gasteiger partial charge on any atom is 0.305 e. The van der Waals surface area contributed by atoms with Gasteiger partial charge in [0.15, 0.2) is 5.13 Å². The number of hydrogen-bond acceptors (Lipinski definition) is 4. The van der Waals surface area contributed by atoms with Crippen molar-refractivity contribution in [2.75, 3.05) is 5.32 Å². The average Bonchev–Trinajstić information content (AvgIpc) is 2.28. The molecule has 0 spiro atoms. The van der Waals surface area contributed by atoms with E-state index in [0.29, 0.717) is 0 Å². The van der Waals surface area contributed by atoms with Crippen LogP contribution in [0.3, 0.4) is 0 Å². The van der Waals surface area contributed by atoms with Crippen LogP contribution in [-0.4, -0.2) is 22.1 Å². The third-order valence-corrected chi connectivity index (χ3v) is 2.88. The van der Waals surface area contributed by atoms with Crippen molar-refractivity contribution >= 4 is 22.4 Å². The number of carboxylic acid groups (broad SMARTS) is 1. The van der Waals surface area contributed by atoms with Crippen LogP contribution in [0.1, 0.15) is 23.9 Å². The van der Waals surface area contributed by atoms with Crippen molar-refractivity contribution in [1.29, 1.82) is 0 Å². The summed E-state index contributed by atoms with van der Waals surface area (Å²) in [5.74, 6) is -0.796. The van der Waals surface area contributed by atoms with Crippen LogP contribution < -0.4 is 5.32 Å². The predicted octanol–water partition coefficient (Wildman–Crippen LogP) is 2.04. The first-order valence-corrected chi connectivity index (χ1v) is 5.23. The van der Waals surface area contributed by atoms with Gasteiger partial charge in [-0.15, -0.1) is 11.3 Å². The minimum Gasteiger partial charge on any atom is -0.481 e. The third kappa shape index (κ3) is 2.99. The van der Waals surface area contributed by atoms with Gasteiger partial charge in [0.2, 0.25) is 0 Å². The van der Waals surface area contributed by atoms with Crippen molar-refractivity contribution in [2.45, 2.75) is 33.2 Å². The molecule has 0 aliphatic rings. The van der Waals surface area contributed by atoms with E-state index in [0.717, 1.165) is 15.7 Å². The Hall–Kier alpha value is -1.10. The van der Waals surface area contributed by atoms with Crippen molar-refractivity contribution in [1.82, 2.24) is 4.98 Å².